The number of rotatable bonds is 4. The van der Waals surface area contributed by atoms with Crippen LogP contribution in [0.15, 0.2) is 40.5 Å². The molecule has 0 aliphatic heterocycles. The first-order valence-corrected chi connectivity index (χ1v) is 6.92. The summed E-state index contributed by atoms with van der Waals surface area (Å²) in [4.78, 5) is 12.0. The lowest BCUT2D eigenvalue weighted by atomic mass is 9.95. The van der Waals surface area contributed by atoms with Crippen LogP contribution in [0.3, 0.4) is 0 Å². The number of carbonyl (C=O) groups excluding carboxylic acids is 1. The molecule has 1 heterocycles. The number of nitrogens with one attached hydrogen (secondary N) is 1. The van der Waals surface area contributed by atoms with Gasteiger partial charge in [-0.2, -0.15) is 5.26 Å². The molecule has 1 fully saturated rings. The Morgan fingerprint density at radius 3 is 2.85 bits per heavy atom. The maximum absolute atomic E-state index is 12.0. The fourth-order valence-corrected chi connectivity index (χ4v) is 2.30. The van der Waals surface area contributed by atoms with Gasteiger partial charge in [0.2, 0.25) is 0 Å². The molecule has 1 aliphatic rings. The Kier molecular flexibility index (Phi) is 5.19. The highest BCUT2D eigenvalue weighted by molar-refractivity contribution is 5.97. The van der Waals surface area contributed by atoms with E-state index in [9.17, 15) is 4.79 Å². The molecule has 0 radical (unpaired) electrons. The minimum Gasteiger partial charge on any atom is -0.465 e. The minimum atomic E-state index is -0.288. The molecule has 1 aliphatic carbocycles. The van der Waals surface area contributed by atoms with Gasteiger partial charge in [-0.1, -0.05) is 25.3 Å². The van der Waals surface area contributed by atoms with Crippen LogP contribution in [0.1, 0.15) is 37.9 Å². The minimum absolute atomic E-state index is 0.123. The predicted molar refractivity (Wildman–Crippen MR) is 76.5 cm³/mol. The third-order valence-corrected chi connectivity index (χ3v) is 3.37. The van der Waals surface area contributed by atoms with E-state index in [-0.39, 0.29) is 17.5 Å². The van der Waals surface area contributed by atoms with Crippen LogP contribution in [-0.2, 0) is 4.79 Å². The average Bonchev–Trinajstić information content (AvgIpc) is 2.98. The Balaban J connectivity index is 1.93. The summed E-state index contributed by atoms with van der Waals surface area (Å²) in [5.74, 6) is 0.398. The lowest BCUT2D eigenvalue weighted by Gasteiger charge is -2.22. The van der Waals surface area contributed by atoms with E-state index in [4.69, 9.17) is 9.68 Å². The van der Waals surface area contributed by atoms with E-state index in [0.717, 1.165) is 25.7 Å². The Labute approximate surface area is 118 Å². The second kappa shape index (κ2) is 7.34. The van der Waals surface area contributed by atoms with Crippen LogP contribution in [0.5, 0.6) is 0 Å². The number of carbonyl (C=O) groups is 1. The zero-order valence-corrected chi connectivity index (χ0v) is 11.3. The van der Waals surface area contributed by atoms with Gasteiger partial charge in [-0.05, 0) is 37.1 Å². The van der Waals surface area contributed by atoms with Crippen molar-refractivity contribution in [2.24, 2.45) is 0 Å². The normalized spacial score (nSPS) is 17.1. The van der Waals surface area contributed by atoms with Gasteiger partial charge < -0.3 is 9.73 Å². The van der Waals surface area contributed by atoms with Crippen LogP contribution in [-0.4, -0.2) is 11.9 Å². The number of furan rings is 1. The van der Waals surface area contributed by atoms with E-state index in [1.165, 1.54) is 12.5 Å². The van der Waals surface area contributed by atoms with Gasteiger partial charge in [0, 0.05) is 6.04 Å². The molecule has 0 bridgehead atoms. The molecule has 1 N–H and O–H groups in total. The number of allylic oxidation sites excluding steroid dienone is 2. The van der Waals surface area contributed by atoms with Crippen molar-refractivity contribution in [3.05, 3.63) is 41.9 Å². The van der Waals surface area contributed by atoms with E-state index in [1.54, 1.807) is 30.5 Å². The number of hydrogen-bond donors (Lipinski definition) is 1. The predicted octanol–water partition coefficient (Wildman–Crippen LogP) is 3.19. The highest BCUT2D eigenvalue weighted by Crippen LogP contribution is 2.17. The zero-order valence-electron chi connectivity index (χ0n) is 11.3. The van der Waals surface area contributed by atoms with Crippen molar-refractivity contribution >= 4 is 12.0 Å². The topological polar surface area (TPSA) is 66.0 Å². The molecular weight excluding hydrogens is 252 g/mol. The van der Waals surface area contributed by atoms with E-state index in [1.807, 2.05) is 6.07 Å². The van der Waals surface area contributed by atoms with Crippen molar-refractivity contribution in [1.29, 1.82) is 5.26 Å². The fourth-order valence-electron chi connectivity index (χ4n) is 2.30. The number of nitrogens with zero attached hydrogens (tertiary/aromatic N) is 1. The van der Waals surface area contributed by atoms with Crippen LogP contribution in [0.25, 0.3) is 6.08 Å². The molecule has 104 valence electrons. The second-order valence-electron chi connectivity index (χ2n) is 4.88. The molecule has 0 unspecified atom stereocenters. The smallest absolute Gasteiger partial charge is 0.262 e. The lowest BCUT2D eigenvalue weighted by molar-refractivity contribution is -0.118. The van der Waals surface area contributed by atoms with Crippen LogP contribution >= 0.6 is 0 Å². The number of nitriles is 1. The van der Waals surface area contributed by atoms with Crippen molar-refractivity contribution in [1.82, 2.24) is 5.32 Å². The Morgan fingerprint density at radius 2 is 2.20 bits per heavy atom. The first kappa shape index (κ1) is 14.1. The highest BCUT2D eigenvalue weighted by Gasteiger charge is 2.17. The molecule has 4 heteroatoms. The summed E-state index contributed by atoms with van der Waals surface area (Å²) in [6, 6.07) is 5.74. The molecule has 1 amide bonds. The Bertz CT molecular complexity index is 529. The molecule has 4 nitrogen and oxygen atoms in total. The van der Waals surface area contributed by atoms with Gasteiger partial charge in [-0.15, -0.1) is 0 Å². The summed E-state index contributed by atoms with van der Waals surface area (Å²) < 4.78 is 5.13. The highest BCUT2D eigenvalue weighted by atomic mass is 16.3. The number of amides is 1. The largest absolute Gasteiger partial charge is 0.465 e. The van der Waals surface area contributed by atoms with Crippen molar-refractivity contribution in [3.8, 4) is 6.07 Å². The summed E-state index contributed by atoms with van der Waals surface area (Å²) in [7, 11) is 0. The molecule has 0 saturated heterocycles. The molecule has 20 heavy (non-hydrogen) atoms. The summed E-state index contributed by atoms with van der Waals surface area (Å²) >= 11 is 0. The first-order chi connectivity index (χ1) is 9.79. The molecule has 0 spiro atoms. The van der Waals surface area contributed by atoms with Gasteiger partial charge in [0.1, 0.15) is 17.4 Å². The molecular formula is C16H18N2O2. The van der Waals surface area contributed by atoms with Crippen LogP contribution in [0.2, 0.25) is 0 Å². The van der Waals surface area contributed by atoms with Crippen molar-refractivity contribution in [2.45, 2.75) is 38.1 Å². The van der Waals surface area contributed by atoms with E-state index in [0.29, 0.717) is 5.76 Å². The standard InChI is InChI=1S/C16H18N2O2/c17-12-13(6-4-9-15-10-5-11-20-15)16(19)18-14-7-2-1-3-8-14/h4-6,9-11,14H,1-3,7-8H2,(H,18,19)/b9-4-,13-6-. The molecule has 0 aromatic carbocycles. The first-order valence-electron chi connectivity index (χ1n) is 6.92. The molecule has 2 rings (SSSR count). The SMILES string of the molecule is N#C/C(=C/C=C\c1ccco1)C(=O)NC1CCCCC1. The zero-order chi connectivity index (χ0) is 14.2. The summed E-state index contributed by atoms with van der Waals surface area (Å²) in [6.07, 6.45) is 12.0. The van der Waals surface area contributed by atoms with Crippen LogP contribution < -0.4 is 5.32 Å². The van der Waals surface area contributed by atoms with Crippen LogP contribution in [0, 0.1) is 11.3 Å². The third kappa shape index (κ3) is 4.13. The van der Waals surface area contributed by atoms with E-state index >= 15 is 0 Å². The quantitative estimate of drug-likeness (QED) is 0.519. The fraction of sp³-hybridized carbons (Fsp3) is 0.375. The average molecular weight is 270 g/mol. The van der Waals surface area contributed by atoms with Gasteiger partial charge in [-0.25, -0.2) is 0 Å². The lowest BCUT2D eigenvalue weighted by Crippen LogP contribution is -2.36. The molecule has 1 aromatic rings. The maximum Gasteiger partial charge on any atom is 0.262 e. The third-order valence-electron chi connectivity index (χ3n) is 3.37. The Morgan fingerprint density at radius 1 is 1.40 bits per heavy atom. The monoisotopic (exact) mass is 270 g/mol. The van der Waals surface area contributed by atoms with E-state index < -0.39 is 0 Å². The van der Waals surface area contributed by atoms with Crippen LogP contribution in [0.4, 0.5) is 0 Å². The van der Waals surface area contributed by atoms with Gasteiger partial charge in [-0.3, -0.25) is 4.79 Å². The Hall–Kier alpha value is -2.28. The van der Waals surface area contributed by atoms with Crippen molar-refractivity contribution in [2.75, 3.05) is 0 Å². The molecule has 0 atom stereocenters. The number of hydrogen-bond acceptors (Lipinski definition) is 3. The van der Waals surface area contributed by atoms with Gasteiger partial charge in [0.25, 0.3) is 5.91 Å². The summed E-state index contributed by atoms with van der Waals surface area (Å²) in [5, 5.41) is 12.0. The summed E-state index contributed by atoms with van der Waals surface area (Å²) in [6.45, 7) is 0. The van der Waals surface area contributed by atoms with Gasteiger partial charge >= 0.3 is 0 Å². The van der Waals surface area contributed by atoms with E-state index in [2.05, 4.69) is 5.32 Å². The second-order valence-corrected chi connectivity index (χ2v) is 4.88. The molecule has 1 saturated carbocycles. The summed E-state index contributed by atoms with van der Waals surface area (Å²) in [5.41, 5.74) is 0.123. The van der Waals surface area contributed by atoms with Crippen molar-refractivity contribution in [3.63, 3.8) is 0 Å². The van der Waals surface area contributed by atoms with Crippen molar-refractivity contribution < 1.29 is 9.21 Å². The maximum atomic E-state index is 12.0. The van der Waals surface area contributed by atoms with Gasteiger partial charge in [0.15, 0.2) is 0 Å². The van der Waals surface area contributed by atoms with Gasteiger partial charge in [0.05, 0.1) is 6.26 Å². The molecule has 1 aromatic heterocycles.